The molecule has 1 aliphatic rings. The van der Waals surface area contributed by atoms with E-state index in [2.05, 4.69) is 26.2 Å². The normalized spacial score (nSPS) is 13.7. The first-order valence-electron chi connectivity index (χ1n) is 5.76. The lowest BCUT2D eigenvalue weighted by atomic mass is 10.1. The second-order valence-electron chi connectivity index (χ2n) is 3.99. The number of pyridine rings is 1. The van der Waals surface area contributed by atoms with Crippen LogP contribution in [0.5, 0.6) is 5.88 Å². The van der Waals surface area contributed by atoms with Gasteiger partial charge < -0.3 is 14.8 Å². The van der Waals surface area contributed by atoms with Gasteiger partial charge in [-0.05, 0) is 40.4 Å². The van der Waals surface area contributed by atoms with Crippen molar-refractivity contribution in [3.63, 3.8) is 0 Å². The SMILES string of the molecule is O=CCCCOc1nc2c(cc1Br)CCC(=O)N2. The van der Waals surface area contributed by atoms with Gasteiger partial charge in [0.15, 0.2) is 0 Å². The van der Waals surface area contributed by atoms with Crippen molar-refractivity contribution in [1.29, 1.82) is 0 Å². The number of carbonyl (C=O) groups is 2. The largest absolute Gasteiger partial charge is 0.477 e. The minimum absolute atomic E-state index is 0.0239. The second-order valence-corrected chi connectivity index (χ2v) is 4.84. The van der Waals surface area contributed by atoms with E-state index < -0.39 is 0 Å². The minimum atomic E-state index is -0.0239. The number of halogens is 1. The molecule has 0 saturated carbocycles. The van der Waals surface area contributed by atoms with Crippen LogP contribution in [0.25, 0.3) is 0 Å². The predicted molar refractivity (Wildman–Crippen MR) is 69.7 cm³/mol. The van der Waals surface area contributed by atoms with Gasteiger partial charge in [0.1, 0.15) is 12.1 Å². The molecule has 5 nitrogen and oxygen atoms in total. The topological polar surface area (TPSA) is 68.3 Å². The van der Waals surface area contributed by atoms with Gasteiger partial charge in [0, 0.05) is 12.8 Å². The number of amides is 1. The van der Waals surface area contributed by atoms with Gasteiger partial charge in [-0.1, -0.05) is 0 Å². The maximum absolute atomic E-state index is 11.3. The standard InChI is InChI=1S/C12H13BrN2O3/c13-9-7-8-3-4-10(17)14-11(8)15-12(9)18-6-2-1-5-16/h5,7H,1-4,6H2,(H,14,15,17). The van der Waals surface area contributed by atoms with Crippen LogP contribution in [0.3, 0.4) is 0 Å². The van der Waals surface area contributed by atoms with Crippen molar-refractivity contribution in [2.45, 2.75) is 25.7 Å². The number of hydrogen-bond acceptors (Lipinski definition) is 4. The Morgan fingerprint density at radius 2 is 2.33 bits per heavy atom. The summed E-state index contributed by atoms with van der Waals surface area (Å²) in [7, 11) is 0. The third kappa shape index (κ3) is 3.07. The number of aryl methyl sites for hydroxylation is 1. The smallest absolute Gasteiger partial charge is 0.229 e. The van der Waals surface area contributed by atoms with Crippen LogP contribution < -0.4 is 10.1 Å². The Labute approximate surface area is 113 Å². The summed E-state index contributed by atoms with van der Waals surface area (Å²) in [6, 6.07) is 1.91. The average Bonchev–Trinajstić information content (AvgIpc) is 2.35. The van der Waals surface area contributed by atoms with E-state index in [-0.39, 0.29) is 5.91 Å². The van der Waals surface area contributed by atoms with Gasteiger partial charge >= 0.3 is 0 Å². The molecule has 2 rings (SSSR count). The Morgan fingerprint density at radius 3 is 3.11 bits per heavy atom. The Balaban J connectivity index is 2.08. The predicted octanol–water partition coefficient (Wildman–Crippen LogP) is 2.09. The van der Waals surface area contributed by atoms with Gasteiger partial charge in [0.25, 0.3) is 0 Å². The number of ether oxygens (including phenoxy) is 1. The molecular formula is C12H13BrN2O3. The fourth-order valence-electron chi connectivity index (χ4n) is 1.69. The van der Waals surface area contributed by atoms with E-state index in [1.807, 2.05) is 6.07 Å². The number of carbonyl (C=O) groups excluding carboxylic acids is 2. The minimum Gasteiger partial charge on any atom is -0.477 e. The van der Waals surface area contributed by atoms with Crippen LogP contribution in [0.1, 0.15) is 24.8 Å². The Hall–Kier alpha value is -1.43. The summed E-state index contributed by atoms with van der Waals surface area (Å²) in [4.78, 5) is 25.7. The summed E-state index contributed by atoms with van der Waals surface area (Å²) in [6.45, 7) is 0.428. The first-order chi connectivity index (χ1) is 8.70. The summed E-state index contributed by atoms with van der Waals surface area (Å²) in [6.07, 6.45) is 3.16. The van der Waals surface area contributed by atoms with Gasteiger partial charge in [-0.15, -0.1) is 0 Å². The van der Waals surface area contributed by atoms with Crippen molar-refractivity contribution in [3.05, 3.63) is 16.1 Å². The number of fused-ring (bicyclic) bond motifs is 1. The van der Waals surface area contributed by atoms with Gasteiger partial charge in [-0.3, -0.25) is 4.79 Å². The van der Waals surface area contributed by atoms with Crippen LogP contribution in [0.15, 0.2) is 10.5 Å². The summed E-state index contributed by atoms with van der Waals surface area (Å²) in [5.74, 6) is 0.992. The molecule has 18 heavy (non-hydrogen) atoms. The van der Waals surface area contributed by atoms with Crippen molar-refractivity contribution in [1.82, 2.24) is 4.98 Å². The van der Waals surface area contributed by atoms with E-state index in [1.165, 1.54) is 0 Å². The molecule has 2 heterocycles. The van der Waals surface area contributed by atoms with Crippen molar-refractivity contribution in [2.75, 3.05) is 11.9 Å². The first-order valence-corrected chi connectivity index (χ1v) is 6.55. The number of unbranched alkanes of at least 4 members (excludes halogenated alkanes) is 1. The summed E-state index contributed by atoms with van der Waals surface area (Å²) in [5, 5.41) is 2.72. The Morgan fingerprint density at radius 1 is 1.50 bits per heavy atom. The number of nitrogens with one attached hydrogen (secondary N) is 1. The molecule has 0 unspecified atom stereocenters. The van der Waals surface area contributed by atoms with Gasteiger partial charge in [-0.25, -0.2) is 0 Å². The van der Waals surface area contributed by atoms with Gasteiger partial charge in [-0.2, -0.15) is 4.98 Å². The van der Waals surface area contributed by atoms with Crippen molar-refractivity contribution in [2.24, 2.45) is 0 Å². The zero-order valence-electron chi connectivity index (χ0n) is 9.74. The highest BCUT2D eigenvalue weighted by Crippen LogP contribution is 2.30. The van der Waals surface area contributed by atoms with E-state index >= 15 is 0 Å². The maximum Gasteiger partial charge on any atom is 0.229 e. The van der Waals surface area contributed by atoms with E-state index in [9.17, 15) is 9.59 Å². The number of hydrogen-bond donors (Lipinski definition) is 1. The molecule has 1 aliphatic heterocycles. The lowest BCUT2D eigenvalue weighted by Crippen LogP contribution is -2.20. The molecule has 0 saturated heterocycles. The number of rotatable bonds is 5. The molecule has 6 heteroatoms. The number of anilines is 1. The molecule has 0 radical (unpaired) electrons. The van der Waals surface area contributed by atoms with Crippen LogP contribution in [0.2, 0.25) is 0 Å². The van der Waals surface area contributed by atoms with Crippen molar-refractivity contribution >= 4 is 33.9 Å². The molecule has 0 spiro atoms. The fourth-order valence-corrected chi connectivity index (χ4v) is 2.17. The lowest BCUT2D eigenvalue weighted by molar-refractivity contribution is -0.116. The first kappa shape index (κ1) is 13.0. The highest BCUT2D eigenvalue weighted by Gasteiger charge is 2.18. The van der Waals surface area contributed by atoms with E-state index in [1.54, 1.807) is 0 Å². The van der Waals surface area contributed by atoms with Crippen LogP contribution in [-0.2, 0) is 16.0 Å². The molecule has 1 amide bonds. The molecular weight excluding hydrogens is 300 g/mol. The Bertz CT molecular complexity index is 477. The third-order valence-corrected chi connectivity index (χ3v) is 3.18. The number of aldehydes is 1. The van der Waals surface area contributed by atoms with E-state index in [0.717, 1.165) is 16.3 Å². The van der Waals surface area contributed by atoms with Gasteiger partial charge in [0.05, 0.1) is 11.1 Å². The quantitative estimate of drug-likeness (QED) is 0.667. The molecule has 0 fully saturated rings. The highest BCUT2D eigenvalue weighted by atomic mass is 79.9. The zero-order valence-corrected chi connectivity index (χ0v) is 11.3. The Kier molecular flexibility index (Phi) is 4.30. The molecule has 96 valence electrons. The molecule has 0 aromatic carbocycles. The highest BCUT2D eigenvalue weighted by molar-refractivity contribution is 9.10. The molecule has 0 atom stereocenters. The summed E-state index contributed by atoms with van der Waals surface area (Å²) in [5.41, 5.74) is 1.00. The summed E-state index contributed by atoms with van der Waals surface area (Å²) >= 11 is 3.39. The monoisotopic (exact) mass is 312 g/mol. The fraction of sp³-hybridized carbons (Fsp3) is 0.417. The second kappa shape index (κ2) is 5.95. The van der Waals surface area contributed by atoms with Crippen LogP contribution >= 0.6 is 15.9 Å². The molecule has 1 aromatic heterocycles. The van der Waals surface area contributed by atoms with E-state index in [4.69, 9.17) is 4.74 Å². The number of nitrogens with zero attached hydrogens (tertiary/aromatic N) is 1. The van der Waals surface area contributed by atoms with Crippen LogP contribution in [0.4, 0.5) is 5.82 Å². The van der Waals surface area contributed by atoms with Crippen LogP contribution in [-0.4, -0.2) is 23.8 Å². The van der Waals surface area contributed by atoms with Crippen molar-refractivity contribution in [3.8, 4) is 5.88 Å². The molecule has 1 aromatic rings. The molecule has 0 aliphatic carbocycles. The third-order valence-electron chi connectivity index (χ3n) is 2.61. The van der Waals surface area contributed by atoms with Crippen LogP contribution in [0, 0.1) is 0 Å². The molecule has 1 N–H and O–H groups in total. The molecule has 0 bridgehead atoms. The van der Waals surface area contributed by atoms with E-state index in [0.29, 0.717) is 44.0 Å². The van der Waals surface area contributed by atoms with Gasteiger partial charge in [0.2, 0.25) is 11.8 Å². The maximum atomic E-state index is 11.3. The lowest BCUT2D eigenvalue weighted by Gasteiger charge is -2.17. The van der Waals surface area contributed by atoms with Crippen molar-refractivity contribution < 1.29 is 14.3 Å². The zero-order chi connectivity index (χ0) is 13.0. The average molecular weight is 313 g/mol. The summed E-state index contributed by atoms with van der Waals surface area (Å²) < 4.78 is 6.24. The number of aromatic nitrogens is 1.